The van der Waals surface area contributed by atoms with Crippen molar-refractivity contribution in [3.8, 4) is 0 Å². The van der Waals surface area contributed by atoms with Crippen molar-refractivity contribution in [2.75, 3.05) is 13.1 Å². The first-order chi connectivity index (χ1) is 11.9. The third-order valence-electron chi connectivity index (χ3n) is 10.5. The molecule has 0 aromatic heterocycles. The highest BCUT2D eigenvalue weighted by Gasteiger charge is 2.84. The molecule has 0 amide bonds. The lowest BCUT2D eigenvalue weighted by molar-refractivity contribution is -0.227. The summed E-state index contributed by atoms with van der Waals surface area (Å²) < 4.78 is 0. The largest absolute Gasteiger partial charge is 0.392 e. The van der Waals surface area contributed by atoms with Crippen LogP contribution < -0.4 is 0 Å². The number of rotatable bonds is 1. The van der Waals surface area contributed by atoms with Gasteiger partial charge >= 0.3 is 0 Å². The van der Waals surface area contributed by atoms with Crippen molar-refractivity contribution >= 4 is 0 Å². The molecule has 7 aliphatic rings. The quantitative estimate of drug-likeness (QED) is 0.720. The van der Waals surface area contributed by atoms with Gasteiger partial charge in [-0.15, -0.1) is 0 Å². The zero-order chi connectivity index (χ0) is 17.4. The molecule has 3 heteroatoms. The van der Waals surface area contributed by atoms with E-state index in [1.165, 1.54) is 32.2 Å². The fourth-order valence-electron chi connectivity index (χ4n) is 10.1. The molecular weight excluding hydrogens is 310 g/mol. The van der Waals surface area contributed by atoms with Crippen LogP contribution >= 0.6 is 0 Å². The van der Waals surface area contributed by atoms with E-state index in [1.807, 2.05) is 0 Å². The Morgan fingerprint density at radius 1 is 1.20 bits per heavy atom. The van der Waals surface area contributed by atoms with E-state index in [4.69, 9.17) is 0 Å². The van der Waals surface area contributed by atoms with E-state index in [9.17, 15) is 10.2 Å². The maximum absolute atomic E-state index is 11.5. The number of aliphatic hydroxyl groups is 2. The lowest BCUT2D eigenvalue weighted by atomic mass is 9.39. The molecule has 1 aliphatic heterocycles. The Labute approximate surface area is 151 Å². The minimum Gasteiger partial charge on any atom is -0.392 e. The predicted molar refractivity (Wildman–Crippen MR) is 96.8 cm³/mol. The van der Waals surface area contributed by atoms with Crippen molar-refractivity contribution in [3.05, 3.63) is 12.2 Å². The Hall–Kier alpha value is -0.380. The average molecular weight is 344 g/mol. The molecule has 7 fully saturated rings. The molecule has 1 heterocycles. The number of likely N-dealkylation sites (tertiary alicyclic amines) is 1. The standard InChI is InChI=1S/C22H33NO2/c1-4-23-11-20(3)7-5-8-22-15(20)10-14(18(22)23)21-9-6-13(12(2)19(21)25)16(24)17(21)22/h13-19,24-25H,2,4-11H2,1,3H3/t13-,14+,15-,16+,17+,18+,19-,20+,21+,22+/m1/s1. The fourth-order valence-corrected chi connectivity index (χ4v) is 10.1. The molecular formula is C22H33NO2. The molecule has 3 nitrogen and oxygen atoms in total. The van der Waals surface area contributed by atoms with Crippen LogP contribution in [0.5, 0.6) is 0 Å². The molecule has 0 unspecified atom stereocenters. The van der Waals surface area contributed by atoms with E-state index in [1.54, 1.807) is 0 Å². The third-order valence-corrected chi connectivity index (χ3v) is 10.5. The van der Waals surface area contributed by atoms with Crippen LogP contribution in [0.25, 0.3) is 0 Å². The second kappa shape index (κ2) is 4.36. The van der Waals surface area contributed by atoms with Crippen LogP contribution in [0.2, 0.25) is 0 Å². The van der Waals surface area contributed by atoms with Crippen LogP contribution in [0.15, 0.2) is 12.2 Å². The SMILES string of the molecule is C=C1[C@H]2CC[C@]3([C@H]([C@H]2O)[C@@]24CCC[C@@]5(C)CN(CC)[C@H]2[C@@H]3C[C@H]54)[C@@H]1O. The van der Waals surface area contributed by atoms with Gasteiger partial charge in [0.25, 0.3) is 0 Å². The molecule has 7 bridgehead atoms. The minimum atomic E-state index is -0.377. The van der Waals surface area contributed by atoms with Crippen molar-refractivity contribution < 1.29 is 10.2 Å². The maximum Gasteiger partial charge on any atom is 0.0814 e. The molecule has 0 radical (unpaired) electrons. The predicted octanol–water partition coefficient (Wildman–Crippen LogP) is 2.82. The summed E-state index contributed by atoms with van der Waals surface area (Å²) in [5.74, 6) is 1.77. The van der Waals surface area contributed by atoms with Crippen LogP contribution in [-0.2, 0) is 0 Å². The van der Waals surface area contributed by atoms with Crippen LogP contribution in [0.3, 0.4) is 0 Å². The molecule has 10 atom stereocenters. The molecule has 0 aromatic carbocycles. The number of aliphatic hydroxyl groups excluding tert-OH is 2. The third kappa shape index (κ3) is 1.34. The number of hydrogen-bond donors (Lipinski definition) is 2. The second-order valence-corrected chi connectivity index (χ2v) is 10.7. The highest BCUT2D eigenvalue weighted by Crippen LogP contribution is 2.83. The Kier molecular flexibility index (Phi) is 2.73. The van der Waals surface area contributed by atoms with Gasteiger partial charge in [0, 0.05) is 29.8 Å². The number of hydrogen-bond acceptors (Lipinski definition) is 3. The smallest absolute Gasteiger partial charge is 0.0814 e. The summed E-state index contributed by atoms with van der Waals surface area (Å²) in [6.07, 6.45) is 6.75. The van der Waals surface area contributed by atoms with Gasteiger partial charge in [0.2, 0.25) is 0 Å². The van der Waals surface area contributed by atoms with E-state index in [0.29, 0.717) is 23.3 Å². The lowest BCUT2D eigenvalue weighted by Crippen LogP contribution is -2.69. The monoisotopic (exact) mass is 343 g/mol. The summed E-state index contributed by atoms with van der Waals surface area (Å²) in [4.78, 5) is 2.77. The molecule has 7 rings (SSSR count). The number of nitrogens with zero attached hydrogens (tertiary/aromatic N) is 1. The minimum absolute atomic E-state index is 0.0809. The maximum atomic E-state index is 11.5. The molecule has 25 heavy (non-hydrogen) atoms. The Morgan fingerprint density at radius 2 is 2.00 bits per heavy atom. The Morgan fingerprint density at radius 3 is 2.76 bits per heavy atom. The first-order valence-electron chi connectivity index (χ1n) is 10.7. The van der Waals surface area contributed by atoms with Gasteiger partial charge in [0.1, 0.15) is 0 Å². The van der Waals surface area contributed by atoms with Gasteiger partial charge in [-0.2, -0.15) is 0 Å². The highest BCUT2D eigenvalue weighted by molar-refractivity contribution is 5.38. The Bertz CT molecular complexity index is 662. The van der Waals surface area contributed by atoms with E-state index in [2.05, 4.69) is 25.3 Å². The average Bonchev–Trinajstić information content (AvgIpc) is 2.99. The van der Waals surface area contributed by atoms with Crippen molar-refractivity contribution in [2.45, 2.75) is 70.6 Å². The van der Waals surface area contributed by atoms with Gasteiger partial charge in [0.05, 0.1) is 12.2 Å². The summed E-state index contributed by atoms with van der Waals surface area (Å²) in [5, 5.41) is 22.9. The first-order valence-corrected chi connectivity index (χ1v) is 10.7. The highest BCUT2D eigenvalue weighted by atomic mass is 16.3. The summed E-state index contributed by atoms with van der Waals surface area (Å²) in [7, 11) is 0. The van der Waals surface area contributed by atoms with Crippen molar-refractivity contribution in [3.63, 3.8) is 0 Å². The van der Waals surface area contributed by atoms with Crippen molar-refractivity contribution in [2.24, 2.45) is 39.9 Å². The van der Waals surface area contributed by atoms with Gasteiger partial charge < -0.3 is 10.2 Å². The number of piperidine rings is 1. The summed E-state index contributed by atoms with van der Waals surface area (Å²) in [6, 6.07) is 0.592. The first kappa shape index (κ1) is 15.7. The number of fused-ring (bicyclic) bond motifs is 2. The van der Waals surface area contributed by atoms with Crippen LogP contribution in [0.1, 0.15) is 52.4 Å². The van der Waals surface area contributed by atoms with E-state index >= 15 is 0 Å². The van der Waals surface area contributed by atoms with E-state index in [0.717, 1.165) is 30.9 Å². The summed E-state index contributed by atoms with van der Waals surface area (Å²) in [5.41, 5.74) is 1.54. The molecule has 6 aliphatic carbocycles. The zero-order valence-electron chi connectivity index (χ0n) is 15.7. The Balaban J connectivity index is 1.60. The normalized spacial score (nSPS) is 64.6. The lowest BCUT2D eigenvalue weighted by Gasteiger charge is -2.68. The van der Waals surface area contributed by atoms with Crippen molar-refractivity contribution in [1.82, 2.24) is 4.90 Å². The van der Waals surface area contributed by atoms with Gasteiger partial charge in [-0.1, -0.05) is 26.8 Å². The van der Waals surface area contributed by atoms with E-state index < -0.39 is 0 Å². The van der Waals surface area contributed by atoms with Crippen LogP contribution in [0, 0.1) is 39.9 Å². The zero-order valence-corrected chi connectivity index (χ0v) is 15.7. The summed E-state index contributed by atoms with van der Waals surface area (Å²) in [6.45, 7) is 11.5. The van der Waals surface area contributed by atoms with E-state index in [-0.39, 0.29) is 29.0 Å². The molecule has 1 saturated heterocycles. The topological polar surface area (TPSA) is 43.7 Å². The van der Waals surface area contributed by atoms with Crippen molar-refractivity contribution in [1.29, 1.82) is 0 Å². The molecule has 6 saturated carbocycles. The van der Waals surface area contributed by atoms with Crippen LogP contribution in [0.4, 0.5) is 0 Å². The van der Waals surface area contributed by atoms with Gasteiger partial charge in [-0.05, 0) is 66.9 Å². The fraction of sp³-hybridized carbons (Fsp3) is 0.909. The summed E-state index contributed by atoms with van der Waals surface area (Å²) >= 11 is 0. The molecule has 138 valence electrons. The van der Waals surface area contributed by atoms with Crippen LogP contribution in [-0.4, -0.2) is 46.5 Å². The van der Waals surface area contributed by atoms with Gasteiger partial charge in [-0.3, -0.25) is 4.90 Å². The molecule has 2 spiro atoms. The molecule has 2 N–H and O–H groups in total. The second-order valence-electron chi connectivity index (χ2n) is 10.7. The van der Waals surface area contributed by atoms with Gasteiger partial charge in [-0.25, -0.2) is 0 Å². The molecule has 0 aromatic rings. The van der Waals surface area contributed by atoms with Gasteiger partial charge in [0.15, 0.2) is 0 Å².